The van der Waals surface area contributed by atoms with Gasteiger partial charge >= 0.3 is 0 Å². The molecule has 0 aliphatic rings. The van der Waals surface area contributed by atoms with Crippen LogP contribution in [0.15, 0.2) is 280 Å². The Morgan fingerprint density at radius 2 is 0.752 bits per heavy atom. The van der Waals surface area contributed by atoms with Gasteiger partial charge in [0.15, 0.2) is 16.9 Å². The molecule has 5 amide bonds. The molecule has 0 unspecified atom stereocenters. The smallest absolute Gasteiger partial charge is 0.254 e. The van der Waals surface area contributed by atoms with Crippen LogP contribution in [0.2, 0.25) is 0 Å². The van der Waals surface area contributed by atoms with E-state index in [4.69, 9.17) is 37.1 Å². The Morgan fingerprint density at radius 1 is 0.396 bits per heavy atom. The van der Waals surface area contributed by atoms with Gasteiger partial charge in [-0.15, -0.1) is 0 Å². The Hall–Kier alpha value is -14.7. The van der Waals surface area contributed by atoms with E-state index in [-0.39, 0.29) is 22.9 Å². The molecule has 101 heavy (non-hydrogen) atoms. The minimum Gasteiger partial charge on any atom is -0.457 e. The fourth-order valence-electron chi connectivity index (χ4n) is 11.1. The second kappa shape index (κ2) is 28.7. The first-order valence-corrected chi connectivity index (χ1v) is 31.3. The molecular formula is C78H61N15O8. The third-order valence-electron chi connectivity index (χ3n) is 15.8. The fraction of sp³-hybridized carbons (Fsp3) is 0. The number of nitrogens with zero attached hydrogens (tertiary/aromatic N) is 6. The van der Waals surface area contributed by atoms with Gasteiger partial charge in [-0.05, 0) is 158 Å². The molecule has 0 aliphatic heterocycles. The van der Waals surface area contributed by atoms with Crippen molar-refractivity contribution < 1.29 is 38.2 Å². The molecule has 13 N–H and O–H groups in total. The number of fused-ring (bicyclic) bond motifs is 3. The van der Waals surface area contributed by atoms with Crippen LogP contribution in [0.1, 0.15) is 31.1 Å². The van der Waals surface area contributed by atoms with Gasteiger partial charge < -0.3 is 47.8 Å². The molecule has 6 aromatic heterocycles. The van der Waals surface area contributed by atoms with Crippen molar-refractivity contribution in [3.05, 3.63) is 297 Å². The number of anilines is 3. The number of hydrogen-bond donors (Lipinski definition) is 9. The minimum absolute atomic E-state index is 0.282. The number of benzene rings is 9. The quantitative estimate of drug-likeness (QED) is 0.0269. The van der Waals surface area contributed by atoms with E-state index in [9.17, 15) is 24.0 Å². The van der Waals surface area contributed by atoms with E-state index in [0.717, 1.165) is 50.6 Å². The average Bonchev–Trinajstić information content (AvgIpc) is 1.62. The largest absolute Gasteiger partial charge is 0.457 e. The number of nitrogen functional groups attached to an aromatic ring is 1. The van der Waals surface area contributed by atoms with Crippen molar-refractivity contribution >= 4 is 63.5 Å². The van der Waals surface area contributed by atoms with E-state index in [0.29, 0.717) is 91.0 Å². The summed E-state index contributed by atoms with van der Waals surface area (Å²) in [5.74, 6) is 1.87. The Morgan fingerprint density at radius 3 is 1.15 bits per heavy atom. The van der Waals surface area contributed by atoms with E-state index >= 15 is 0 Å². The van der Waals surface area contributed by atoms with Gasteiger partial charge in [-0.25, -0.2) is 28.5 Å². The fourth-order valence-corrected chi connectivity index (χ4v) is 11.1. The standard InChI is InChI=1S/2C27H21N5O3.C24H19N5O2/c1-2-23(33)29-19-8-6-7-18(15-19)22-16-32-27(30-22)24(26(28)34)25(31-32)17-11-13-21(14-12-17)35-20-9-4-3-5-10-20;1-2-23(33)30-19-8-6-7-18(15-19)22-16-29-27-24(26(28)34)25(31-32(22)27)17-11-13-21(14-12-17)35-20-9-4-3-5-10-20;25-17-6-4-5-16(13-17)20-14-29-24(27-20)21(23(26)30)22(28-29)15-9-11-19(12-10-15)31-18-7-2-1-3-8-18/h2-16,31H,1H2,(H2,28,34)(H,29,33);2-16,31H,1H2,(H2,28,34)(H,30,33);1-14,28H,25H2,(H2,26,30). The molecule has 6 heterocycles. The molecule has 23 nitrogen and oxygen atoms in total. The van der Waals surface area contributed by atoms with Gasteiger partial charge in [0.05, 0.1) is 52.8 Å². The number of amides is 5. The molecule has 15 rings (SSSR count). The molecule has 9 aromatic carbocycles. The lowest BCUT2D eigenvalue weighted by atomic mass is 10.1. The number of imidazole rings is 3. The van der Waals surface area contributed by atoms with Gasteiger partial charge in [0.1, 0.15) is 51.2 Å². The summed E-state index contributed by atoms with van der Waals surface area (Å²) in [6.07, 6.45) is 7.64. The van der Waals surface area contributed by atoms with Crippen LogP contribution in [-0.4, -0.2) is 73.3 Å². The number of carbonyl (C=O) groups excluding carboxylic acids is 5. The summed E-state index contributed by atoms with van der Waals surface area (Å²) in [5.41, 5.74) is 35.5. The number of ether oxygens (including phenoxy) is 3. The number of aromatic nitrogens is 9. The normalized spacial score (nSPS) is 10.8. The van der Waals surface area contributed by atoms with Crippen LogP contribution in [-0.2, 0) is 9.59 Å². The van der Waals surface area contributed by atoms with Gasteiger partial charge in [-0.1, -0.05) is 104 Å². The second-order valence-corrected chi connectivity index (χ2v) is 22.6. The highest BCUT2D eigenvalue weighted by molar-refractivity contribution is 6.07. The minimum atomic E-state index is -0.597. The monoisotopic (exact) mass is 1340 g/mol. The predicted molar refractivity (Wildman–Crippen MR) is 388 cm³/mol. The molecule has 0 bridgehead atoms. The summed E-state index contributed by atoms with van der Waals surface area (Å²) in [4.78, 5) is 74.1. The summed E-state index contributed by atoms with van der Waals surface area (Å²) >= 11 is 0. The molecule has 15 aromatic rings. The Bertz CT molecular complexity index is 5560. The number of nitrogens with two attached hydrogens (primary N) is 4. The molecular weight excluding hydrogens is 1270 g/mol. The average molecular weight is 1340 g/mol. The molecule has 0 saturated heterocycles. The summed E-state index contributed by atoms with van der Waals surface area (Å²) in [5, 5.41) is 15.2. The number of nitrogens with one attached hydrogen (secondary N) is 5. The first kappa shape index (κ1) is 64.9. The number of H-pyrrole nitrogens is 3. The van der Waals surface area contributed by atoms with Crippen LogP contribution >= 0.6 is 0 Å². The highest BCUT2D eigenvalue weighted by Crippen LogP contribution is 2.36. The third kappa shape index (κ3) is 14.4. The number of hydrogen-bond acceptors (Lipinski definition) is 12. The maximum atomic E-state index is 12.4. The van der Waals surface area contributed by atoms with Crippen molar-refractivity contribution in [2.24, 2.45) is 17.2 Å². The molecule has 0 saturated carbocycles. The highest BCUT2D eigenvalue weighted by atomic mass is 16.5. The van der Waals surface area contributed by atoms with Crippen LogP contribution in [0.25, 0.3) is 84.5 Å². The SMILES string of the molecule is C=CC(=O)Nc1cccc(-c2cn3[nH]c(-c4ccc(Oc5ccccc5)cc4)c(C(N)=O)c3n2)c1.C=CC(=O)Nc1cccc(-c2cnc3c(C(N)=O)c(-c4ccc(Oc5ccccc5)cc4)[nH]n23)c1.NC(=O)c1c(-c2ccc(Oc3ccccc3)cc2)[nH]n2cc(-c3cccc(N)c3)nc12. The van der Waals surface area contributed by atoms with Gasteiger partial charge in [-0.3, -0.25) is 39.3 Å². The summed E-state index contributed by atoms with van der Waals surface area (Å²) < 4.78 is 22.6. The number of carbonyl (C=O) groups is 5. The zero-order valence-electron chi connectivity index (χ0n) is 53.6. The lowest BCUT2D eigenvalue weighted by molar-refractivity contribution is -0.112. The molecule has 0 radical (unpaired) electrons. The lowest BCUT2D eigenvalue weighted by Gasteiger charge is -2.07. The van der Waals surface area contributed by atoms with Crippen molar-refractivity contribution in [2.75, 3.05) is 16.4 Å². The van der Waals surface area contributed by atoms with E-state index in [1.807, 2.05) is 219 Å². The first-order chi connectivity index (χ1) is 49.1. The molecule has 0 atom stereocenters. The highest BCUT2D eigenvalue weighted by Gasteiger charge is 2.25. The summed E-state index contributed by atoms with van der Waals surface area (Å²) in [6, 6.07) is 72.5. The van der Waals surface area contributed by atoms with Crippen LogP contribution in [0, 0.1) is 0 Å². The predicted octanol–water partition coefficient (Wildman–Crippen LogP) is 14.5. The Labute approximate surface area is 575 Å². The summed E-state index contributed by atoms with van der Waals surface area (Å²) in [6.45, 7) is 6.93. The van der Waals surface area contributed by atoms with Crippen molar-refractivity contribution in [3.63, 3.8) is 0 Å². The van der Waals surface area contributed by atoms with Gasteiger partial charge in [0, 0.05) is 50.4 Å². The maximum Gasteiger partial charge on any atom is 0.254 e. The number of aromatic amines is 3. The Balaban J connectivity index is 0.000000136. The maximum absolute atomic E-state index is 12.4. The second-order valence-electron chi connectivity index (χ2n) is 22.6. The zero-order valence-corrected chi connectivity index (χ0v) is 53.6. The zero-order chi connectivity index (χ0) is 70.1. The van der Waals surface area contributed by atoms with Crippen LogP contribution in [0.4, 0.5) is 17.1 Å². The Kier molecular flexibility index (Phi) is 18.4. The molecule has 496 valence electrons. The number of para-hydroxylation sites is 3. The van der Waals surface area contributed by atoms with E-state index in [1.54, 1.807) is 50.2 Å². The van der Waals surface area contributed by atoms with Crippen molar-refractivity contribution in [1.29, 1.82) is 0 Å². The van der Waals surface area contributed by atoms with Crippen molar-refractivity contribution in [1.82, 2.24) is 43.8 Å². The van der Waals surface area contributed by atoms with E-state index in [1.165, 1.54) is 12.2 Å². The van der Waals surface area contributed by atoms with Crippen molar-refractivity contribution in [2.45, 2.75) is 0 Å². The third-order valence-corrected chi connectivity index (χ3v) is 15.8. The van der Waals surface area contributed by atoms with E-state index in [2.05, 4.69) is 54.0 Å². The van der Waals surface area contributed by atoms with Crippen LogP contribution in [0.5, 0.6) is 34.5 Å². The number of primary amides is 3. The summed E-state index contributed by atoms with van der Waals surface area (Å²) in [7, 11) is 0. The molecule has 0 spiro atoms. The molecule has 0 aliphatic carbocycles. The van der Waals surface area contributed by atoms with Gasteiger partial charge in [-0.2, -0.15) is 0 Å². The number of rotatable bonds is 19. The van der Waals surface area contributed by atoms with Crippen molar-refractivity contribution in [3.8, 4) is 102 Å². The molecule has 23 heteroatoms. The van der Waals surface area contributed by atoms with Gasteiger partial charge in [0.25, 0.3) is 17.7 Å². The lowest BCUT2D eigenvalue weighted by Crippen LogP contribution is -2.12. The van der Waals surface area contributed by atoms with Crippen LogP contribution in [0.3, 0.4) is 0 Å². The topological polar surface area (TPSA) is 340 Å². The van der Waals surface area contributed by atoms with E-state index < -0.39 is 17.7 Å². The first-order valence-electron chi connectivity index (χ1n) is 31.3. The molecule has 0 fully saturated rings. The van der Waals surface area contributed by atoms with Gasteiger partial charge in [0.2, 0.25) is 11.8 Å². The van der Waals surface area contributed by atoms with Crippen LogP contribution < -0.4 is 47.8 Å².